The Morgan fingerprint density at radius 2 is 1.74 bits per heavy atom. The van der Waals surface area contributed by atoms with Crippen molar-refractivity contribution in [1.29, 1.82) is 0 Å². The summed E-state index contributed by atoms with van der Waals surface area (Å²) in [7, 11) is 4.69. The minimum absolute atomic E-state index is 0.178. The third kappa shape index (κ3) is 4.55. The molecule has 5 nitrogen and oxygen atoms in total. The van der Waals surface area contributed by atoms with Crippen molar-refractivity contribution in [1.82, 2.24) is 0 Å². The van der Waals surface area contributed by atoms with Gasteiger partial charge >= 0.3 is 5.97 Å². The predicted octanol–water partition coefficient (Wildman–Crippen LogP) is 2.67. The minimum Gasteiger partial charge on any atom is -0.493 e. The van der Waals surface area contributed by atoms with Crippen LogP contribution in [-0.4, -0.2) is 38.2 Å². The van der Waals surface area contributed by atoms with Gasteiger partial charge in [0.05, 0.1) is 21.3 Å². The molecule has 0 saturated heterocycles. The van der Waals surface area contributed by atoms with E-state index in [9.17, 15) is 4.79 Å². The van der Waals surface area contributed by atoms with E-state index in [0.29, 0.717) is 23.7 Å². The quantitative estimate of drug-likeness (QED) is 0.585. The second-order valence-corrected chi connectivity index (χ2v) is 4.88. The Bertz CT molecular complexity index is 408. The number of ether oxygens (including phenoxy) is 3. The van der Waals surface area contributed by atoms with E-state index in [4.69, 9.17) is 19.3 Å². The highest BCUT2D eigenvalue weighted by Crippen LogP contribution is 2.40. The smallest absolute Gasteiger partial charge is 0.303 e. The van der Waals surface area contributed by atoms with Crippen molar-refractivity contribution in [2.75, 3.05) is 27.1 Å². The van der Waals surface area contributed by atoms with Gasteiger partial charge in [-0.1, -0.05) is 0 Å². The van der Waals surface area contributed by atoms with Crippen molar-refractivity contribution in [3.8, 4) is 17.2 Å². The fourth-order valence-electron chi connectivity index (χ4n) is 1.55. The van der Waals surface area contributed by atoms with Gasteiger partial charge < -0.3 is 19.3 Å². The Hall–Kier alpha value is -1.56. The molecule has 0 radical (unpaired) electrons. The van der Waals surface area contributed by atoms with E-state index in [-0.39, 0.29) is 6.42 Å². The molecule has 0 saturated carbocycles. The van der Waals surface area contributed by atoms with E-state index < -0.39 is 5.97 Å². The van der Waals surface area contributed by atoms with Gasteiger partial charge in [0.15, 0.2) is 11.5 Å². The maximum absolute atomic E-state index is 10.4. The number of hydrogen-bond donors (Lipinski definition) is 1. The first-order valence-electron chi connectivity index (χ1n) is 5.77. The zero-order valence-electron chi connectivity index (χ0n) is 11.3. The maximum Gasteiger partial charge on any atom is 0.303 e. The Morgan fingerprint density at radius 1 is 1.16 bits per heavy atom. The van der Waals surface area contributed by atoms with Gasteiger partial charge in [0.25, 0.3) is 0 Å². The van der Waals surface area contributed by atoms with E-state index in [1.165, 1.54) is 0 Å². The molecule has 1 rings (SSSR count). The maximum atomic E-state index is 10.4. The molecular weight excluding hydrogens is 268 g/mol. The van der Waals surface area contributed by atoms with Crippen LogP contribution in [-0.2, 0) is 4.79 Å². The van der Waals surface area contributed by atoms with E-state index in [2.05, 4.69) is 0 Å². The third-order valence-corrected chi connectivity index (χ3v) is 3.50. The molecule has 0 fully saturated rings. The molecule has 19 heavy (non-hydrogen) atoms. The van der Waals surface area contributed by atoms with Gasteiger partial charge in [-0.25, -0.2) is 0 Å². The first-order chi connectivity index (χ1) is 9.12. The van der Waals surface area contributed by atoms with Crippen LogP contribution in [0, 0.1) is 0 Å². The van der Waals surface area contributed by atoms with Gasteiger partial charge in [-0.2, -0.15) is 0 Å². The summed E-state index contributed by atoms with van der Waals surface area (Å²) in [6, 6.07) is 3.71. The largest absolute Gasteiger partial charge is 0.493 e. The molecule has 0 aliphatic carbocycles. The molecule has 0 heterocycles. The number of methoxy groups -OCH3 is 3. The van der Waals surface area contributed by atoms with Crippen molar-refractivity contribution in [2.45, 2.75) is 17.7 Å². The van der Waals surface area contributed by atoms with Crippen molar-refractivity contribution in [3.63, 3.8) is 0 Å². The van der Waals surface area contributed by atoms with Crippen LogP contribution in [0.4, 0.5) is 0 Å². The summed E-state index contributed by atoms with van der Waals surface area (Å²) in [4.78, 5) is 11.4. The number of hydrogen-bond acceptors (Lipinski definition) is 5. The summed E-state index contributed by atoms with van der Waals surface area (Å²) < 4.78 is 15.7. The first-order valence-corrected chi connectivity index (χ1v) is 6.75. The Kier molecular flexibility index (Phi) is 6.35. The van der Waals surface area contributed by atoms with Crippen LogP contribution in [0.3, 0.4) is 0 Å². The van der Waals surface area contributed by atoms with Gasteiger partial charge in [0.2, 0.25) is 5.75 Å². The molecular formula is C13H18O5S. The monoisotopic (exact) mass is 286 g/mol. The van der Waals surface area contributed by atoms with Crippen LogP contribution in [0.15, 0.2) is 17.0 Å². The van der Waals surface area contributed by atoms with Gasteiger partial charge in [0.1, 0.15) is 0 Å². The molecule has 106 valence electrons. The number of rotatable bonds is 8. The predicted molar refractivity (Wildman–Crippen MR) is 73.7 cm³/mol. The van der Waals surface area contributed by atoms with E-state index in [0.717, 1.165) is 10.6 Å². The van der Waals surface area contributed by atoms with E-state index in [1.807, 2.05) is 12.1 Å². The molecule has 0 bridgehead atoms. The average molecular weight is 286 g/mol. The lowest BCUT2D eigenvalue weighted by Gasteiger charge is -2.13. The summed E-state index contributed by atoms with van der Waals surface area (Å²) in [5.74, 6) is 1.71. The number of carbonyl (C=O) groups is 1. The number of carboxylic acids is 1. The fraction of sp³-hybridized carbons (Fsp3) is 0.462. The molecule has 0 aliphatic rings. The van der Waals surface area contributed by atoms with Crippen LogP contribution < -0.4 is 14.2 Å². The Morgan fingerprint density at radius 3 is 2.16 bits per heavy atom. The number of carboxylic acid groups (broad SMARTS) is 1. The molecule has 0 unspecified atom stereocenters. The fourth-order valence-corrected chi connectivity index (χ4v) is 2.46. The highest BCUT2D eigenvalue weighted by Gasteiger charge is 2.13. The lowest BCUT2D eigenvalue weighted by atomic mass is 10.3. The van der Waals surface area contributed by atoms with Gasteiger partial charge in [-0.05, 0) is 24.3 Å². The number of benzene rings is 1. The SMILES string of the molecule is COc1cc(SCCCC(=O)O)cc(OC)c1OC. The molecule has 0 aromatic heterocycles. The first kappa shape index (κ1) is 15.5. The summed E-state index contributed by atoms with van der Waals surface area (Å²) >= 11 is 1.56. The minimum atomic E-state index is -0.773. The lowest BCUT2D eigenvalue weighted by Crippen LogP contribution is -1.96. The van der Waals surface area contributed by atoms with Crippen molar-refractivity contribution in [3.05, 3.63) is 12.1 Å². The van der Waals surface area contributed by atoms with Crippen LogP contribution in [0.1, 0.15) is 12.8 Å². The Labute approximate surface area is 116 Å². The molecule has 0 spiro atoms. The van der Waals surface area contributed by atoms with Gasteiger partial charge in [-0.3, -0.25) is 4.79 Å². The van der Waals surface area contributed by atoms with Crippen molar-refractivity contribution < 1.29 is 24.1 Å². The van der Waals surface area contributed by atoms with Crippen LogP contribution in [0.25, 0.3) is 0 Å². The topological polar surface area (TPSA) is 65.0 Å². The molecule has 1 aromatic rings. The summed E-state index contributed by atoms with van der Waals surface area (Å²) in [5.41, 5.74) is 0. The molecule has 6 heteroatoms. The van der Waals surface area contributed by atoms with Crippen LogP contribution in [0.5, 0.6) is 17.2 Å². The summed E-state index contributed by atoms with van der Waals surface area (Å²) in [5, 5.41) is 8.58. The second kappa shape index (κ2) is 7.78. The summed E-state index contributed by atoms with van der Waals surface area (Å²) in [6.07, 6.45) is 0.800. The van der Waals surface area contributed by atoms with Gasteiger partial charge in [-0.15, -0.1) is 11.8 Å². The molecule has 1 aromatic carbocycles. The second-order valence-electron chi connectivity index (χ2n) is 3.71. The Balaban J connectivity index is 2.76. The lowest BCUT2D eigenvalue weighted by molar-refractivity contribution is -0.137. The van der Waals surface area contributed by atoms with Crippen molar-refractivity contribution in [2.24, 2.45) is 0 Å². The number of aliphatic carboxylic acids is 1. The summed E-state index contributed by atoms with van der Waals surface area (Å²) in [6.45, 7) is 0. The van der Waals surface area contributed by atoms with E-state index in [1.54, 1.807) is 33.1 Å². The third-order valence-electron chi connectivity index (χ3n) is 2.44. The van der Waals surface area contributed by atoms with Gasteiger partial charge in [0, 0.05) is 11.3 Å². The normalized spacial score (nSPS) is 10.1. The standard InChI is InChI=1S/C13H18O5S/c1-16-10-7-9(19-6-4-5-12(14)15)8-11(17-2)13(10)18-3/h7-8H,4-6H2,1-3H3,(H,14,15). The zero-order valence-corrected chi connectivity index (χ0v) is 12.1. The molecule has 0 aliphatic heterocycles. The highest BCUT2D eigenvalue weighted by molar-refractivity contribution is 7.99. The van der Waals surface area contributed by atoms with Crippen LogP contribution >= 0.6 is 11.8 Å². The zero-order chi connectivity index (χ0) is 14.3. The highest BCUT2D eigenvalue weighted by atomic mass is 32.2. The van der Waals surface area contributed by atoms with Crippen LogP contribution in [0.2, 0.25) is 0 Å². The van der Waals surface area contributed by atoms with Crippen molar-refractivity contribution >= 4 is 17.7 Å². The molecule has 0 amide bonds. The molecule has 1 N–H and O–H groups in total. The van der Waals surface area contributed by atoms with E-state index >= 15 is 0 Å². The molecule has 0 atom stereocenters. The number of thioether (sulfide) groups is 1. The average Bonchev–Trinajstić information content (AvgIpc) is 2.42.